The SMILES string of the molecule is CCCCCCCC(C)(CCCCCC)c1ccnn1C. The molecule has 0 saturated heterocycles. The first-order chi connectivity index (χ1) is 10.1. The van der Waals surface area contributed by atoms with Gasteiger partial charge in [-0.25, -0.2) is 0 Å². The highest BCUT2D eigenvalue weighted by Gasteiger charge is 2.28. The molecule has 1 atom stereocenters. The maximum Gasteiger partial charge on any atom is 0.0492 e. The van der Waals surface area contributed by atoms with Crippen LogP contribution in [0.4, 0.5) is 0 Å². The Hall–Kier alpha value is -0.790. The third-order valence-electron chi connectivity index (χ3n) is 4.85. The van der Waals surface area contributed by atoms with E-state index in [9.17, 15) is 0 Å². The molecule has 1 unspecified atom stereocenters. The van der Waals surface area contributed by atoms with Crippen LogP contribution in [0.3, 0.4) is 0 Å². The number of unbranched alkanes of at least 4 members (excludes halogenated alkanes) is 7. The molecule has 0 aliphatic heterocycles. The first kappa shape index (κ1) is 18.3. The summed E-state index contributed by atoms with van der Waals surface area (Å²) >= 11 is 0. The van der Waals surface area contributed by atoms with Gasteiger partial charge in [-0.2, -0.15) is 5.10 Å². The van der Waals surface area contributed by atoms with Gasteiger partial charge in [-0.3, -0.25) is 4.68 Å². The monoisotopic (exact) mass is 292 g/mol. The number of aryl methyl sites for hydroxylation is 1. The van der Waals surface area contributed by atoms with E-state index in [0.717, 1.165) is 0 Å². The lowest BCUT2D eigenvalue weighted by atomic mass is 9.77. The second-order valence-electron chi connectivity index (χ2n) is 6.88. The smallest absolute Gasteiger partial charge is 0.0492 e. The van der Waals surface area contributed by atoms with Crippen molar-refractivity contribution in [2.75, 3.05) is 0 Å². The highest BCUT2D eigenvalue weighted by atomic mass is 15.3. The summed E-state index contributed by atoms with van der Waals surface area (Å²) in [5.74, 6) is 0. The summed E-state index contributed by atoms with van der Waals surface area (Å²) in [6.07, 6.45) is 16.8. The van der Waals surface area contributed by atoms with Crippen LogP contribution in [0, 0.1) is 0 Å². The predicted molar refractivity (Wildman–Crippen MR) is 92.7 cm³/mol. The highest BCUT2D eigenvalue weighted by Crippen LogP contribution is 2.35. The van der Waals surface area contributed by atoms with E-state index in [2.05, 4.69) is 43.7 Å². The molecule has 0 spiro atoms. The molecule has 0 saturated carbocycles. The predicted octanol–water partition coefficient (Wildman–Crippen LogP) is 6.01. The average molecular weight is 293 g/mol. The van der Waals surface area contributed by atoms with E-state index in [0.29, 0.717) is 5.41 Å². The van der Waals surface area contributed by atoms with Gasteiger partial charge in [-0.1, -0.05) is 78.6 Å². The lowest BCUT2D eigenvalue weighted by molar-refractivity contribution is 0.342. The lowest BCUT2D eigenvalue weighted by Crippen LogP contribution is -2.25. The third kappa shape index (κ3) is 6.23. The van der Waals surface area contributed by atoms with Crippen LogP contribution in [-0.2, 0) is 12.5 Å². The number of hydrogen-bond acceptors (Lipinski definition) is 1. The minimum absolute atomic E-state index is 0.311. The topological polar surface area (TPSA) is 17.8 Å². The van der Waals surface area contributed by atoms with Gasteiger partial charge in [0, 0.05) is 24.4 Å². The van der Waals surface area contributed by atoms with Crippen LogP contribution in [0.15, 0.2) is 12.3 Å². The molecule has 0 radical (unpaired) electrons. The van der Waals surface area contributed by atoms with Crippen LogP contribution in [0.2, 0.25) is 0 Å². The molecule has 1 aromatic heterocycles. The van der Waals surface area contributed by atoms with E-state index in [4.69, 9.17) is 0 Å². The van der Waals surface area contributed by atoms with Crippen LogP contribution in [-0.4, -0.2) is 9.78 Å². The Kier molecular flexibility index (Phi) is 8.72. The maximum absolute atomic E-state index is 4.40. The molecule has 0 N–H and O–H groups in total. The van der Waals surface area contributed by atoms with E-state index >= 15 is 0 Å². The van der Waals surface area contributed by atoms with Gasteiger partial charge in [-0.05, 0) is 18.9 Å². The standard InChI is InChI=1S/C19H36N2/c1-5-7-9-11-13-16-19(3,15-12-10-8-6-2)18-14-17-20-21(18)4/h14,17H,5-13,15-16H2,1-4H3. The maximum atomic E-state index is 4.40. The van der Waals surface area contributed by atoms with Crippen molar-refractivity contribution in [2.24, 2.45) is 7.05 Å². The molecule has 2 heteroatoms. The quantitative estimate of drug-likeness (QED) is 0.431. The van der Waals surface area contributed by atoms with Crippen LogP contribution < -0.4 is 0 Å². The summed E-state index contributed by atoms with van der Waals surface area (Å²) in [5, 5.41) is 4.40. The summed E-state index contributed by atoms with van der Waals surface area (Å²) in [6, 6.07) is 2.23. The van der Waals surface area contributed by atoms with Gasteiger partial charge in [0.1, 0.15) is 0 Å². The second-order valence-corrected chi connectivity index (χ2v) is 6.88. The van der Waals surface area contributed by atoms with E-state index in [-0.39, 0.29) is 0 Å². The molecular weight excluding hydrogens is 256 g/mol. The minimum Gasteiger partial charge on any atom is -0.272 e. The van der Waals surface area contributed by atoms with Crippen molar-refractivity contribution in [1.29, 1.82) is 0 Å². The molecular formula is C19H36N2. The van der Waals surface area contributed by atoms with Crippen molar-refractivity contribution in [2.45, 2.75) is 96.8 Å². The van der Waals surface area contributed by atoms with Gasteiger partial charge in [0.05, 0.1) is 0 Å². The molecule has 1 rings (SSSR count). The fourth-order valence-corrected chi connectivity index (χ4v) is 3.41. The van der Waals surface area contributed by atoms with Gasteiger partial charge in [0.15, 0.2) is 0 Å². The molecule has 0 amide bonds. The minimum atomic E-state index is 0.311. The molecule has 0 aromatic carbocycles. The van der Waals surface area contributed by atoms with Crippen molar-refractivity contribution in [1.82, 2.24) is 9.78 Å². The van der Waals surface area contributed by atoms with Crippen LogP contribution in [0.25, 0.3) is 0 Å². The molecule has 0 fully saturated rings. The molecule has 2 nitrogen and oxygen atoms in total. The Balaban J connectivity index is 2.55. The van der Waals surface area contributed by atoms with Crippen LogP contribution in [0.1, 0.15) is 97.1 Å². The Labute approximate surface area is 132 Å². The summed E-state index contributed by atoms with van der Waals surface area (Å²) < 4.78 is 2.09. The van der Waals surface area contributed by atoms with E-state index < -0.39 is 0 Å². The summed E-state index contributed by atoms with van der Waals surface area (Å²) in [4.78, 5) is 0. The Morgan fingerprint density at radius 1 is 0.905 bits per heavy atom. The van der Waals surface area contributed by atoms with Crippen molar-refractivity contribution in [3.63, 3.8) is 0 Å². The molecule has 0 aliphatic rings. The summed E-state index contributed by atoms with van der Waals surface area (Å²) in [7, 11) is 2.09. The highest BCUT2D eigenvalue weighted by molar-refractivity contribution is 5.14. The van der Waals surface area contributed by atoms with Gasteiger partial charge in [-0.15, -0.1) is 0 Å². The van der Waals surface area contributed by atoms with Gasteiger partial charge < -0.3 is 0 Å². The first-order valence-corrected chi connectivity index (χ1v) is 9.12. The number of nitrogens with zero attached hydrogens (tertiary/aromatic N) is 2. The van der Waals surface area contributed by atoms with Gasteiger partial charge in [0.2, 0.25) is 0 Å². The zero-order valence-electron chi connectivity index (χ0n) is 14.8. The van der Waals surface area contributed by atoms with E-state index in [1.165, 1.54) is 76.3 Å². The Morgan fingerprint density at radius 3 is 1.90 bits per heavy atom. The molecule has 1 heterocycles. The normalized spacial score (nSPS) is 14.3. The zero-order valence-corrected chi connectivity index (χ0v) is 14.8. The summed E-state index contributed by atoms with van der Waals surface area (Å²) in [6.45, 7) is 7.03. The van der Waals surface area contributed by atoms with Crippen LogP contribution >= 0.6 is 0 Å². The molecule has 0 aliphatic carbocycles. The van der Waals surface area contributed by atoms with Gasteiger partial charge >= 0.3 is 0 Å². The van der Waals surface area contributed by atoms with Crippen molar-refractivity contribution in [3.05, 3.63) is 18.0 Å². The van der Waals surface area contributed by atoms with Crippen molar-refractivity contribution < 1.29 is 0 Å². The van der Waals surface area contributed by atoms with Crippen LogP contribution in [0.5, 0.6) is 0 Å². The number of rotatable bonds is 12. The van der Waals surface area contributed by atoms with E-state index in [1.54, 1.807) is 0 Å². The summed E-state index contributed by atoms with van der Waals surface area (Å²) in [5.41, 5.74) is 1.74. The Bertz CT molecular complexity index is 369. The molecule has 21 heavy (non-hydrogen) atoms. The van der Waals surface area contributed by atoms with Crippen molar-refractivity contribution in [3.8, 4) is 0 Å². The average Bonchev–Trinajstić information content (AvgIpc) is 2.90. The fraction of sp³-hybridized carbons (Fsp3) is 0.842. The largest absolute Gasteiger partial charge is 0.272 e. The third-order valence-corrected chi connectivity index (χ3v) is 4.85. The number of hydrogen-bond donors (Lipinski definition) is 0. The molecule has 122 valence electrons. The Morgan fingerprint density at radius 2 is 1.43 bits per heavy atom. The van der Waals surface area contributed by atoms with Crippen molar-refractivity contribution >= 4 is 0 Å². The second kappa shape index (κ2) is 10.0. The molecule has 0 bridgehead atoms. The first-order valence-electron chi connectivity index (χ1n) is 9.12. The zero-order chi connectivity index (χ0) is 15.6. The molecule has 1 aromatic rings. The fourth-order valence-electron chi connectivity index (χ4n) is 3.41. The number of aromatic nitrogens is 2. The van der Waals surface area contributed by atoms with E-state index in [1.807, 2.05) is 6.20 Å². The lowest BCUT2D eigenvalue weighted by Gasteiger charge is -2.30. The van der Waals surface area contributed by atoms with Gasteiger partial charge in [0.25, 0.3) is 0 Å².